The van der Waals surface area contributed by atoms with E-state index in [9.17, 15) is 22.4 Å². The molecule has 5 heterocycles. The topological polar surface area (TPSA) is 118 Å². The quantitative estimate of drug-likeness (QED) is 0.319. The van der Waals surface area contributed by atoms with Gasteiger partial charge in [0, 0.05) is 24.8 Å². The van der Waals surface area contributed by atoms with E-state index in [0.29, 0.717) is 24.3 Å². The minimum atomic E-state index is -4.54. The number of carbonyl (C=O) groups is 1. The summed E-state index contributed by atoms with van der Waals surface area (Å²) in [6.07, 6.45) is -3.43. The monoisotopic (exact) mass is 577 g/mol. The Bertz CT molecular complexity index is 1540. The molecular weight excluding hydrogens is 546 g/mol. The molecule has 2 atom stereocenters. The molecule has 1 aliphatic rings. The molecule has 1 saturated heterocycles. The van der Waals surface area contributed by atoms with Gasteiger partial charge in [-0.15, -0.1) is 0 Å². The molecule has 0 saturated carbocycles. The highest BCUT2D eigenvalue weighted by atomic mass is 19.4. The Labute approximate surface area is 232 Å². The lowest BCUT2D eigenvalue weighted by Crippen LogP contribution is -2.46. The van der Waals surface area contributed by atoms with Crippen molar-refractivity contribution in [3.8, 4) is 11.5 Å². The van der Waals surface area contributed by atoms with E-state index in [-0.39, 0.29) is 47.1 Å². The predicted octanol–water partition coefficient (Wildman–Crippen LogP) is 3.82. The molecule has 0 spiro atoms. The van der Waals surface area contributed by atoms with Gasteiger partial charge in [-0.05, 0) is 46.4 Å². The lowest BCUT2D eigenvalue weighted by atomic mass is 10.0. The van der Waals surface area contributed by atoms with Crippen molar-refractivity contribution >= 4 is 17.2 Å². The lowest BCUT2D eigenvalue weighted by molar-refractivity contribution is -0.126. The second-order valence-electron chi connectivity index (χ2n) is 11.2. The third kappa shape index (κ3) is 6.34. The number of pyridine rings is 1. The van der Waals surface area contributed by atoms with Crippen LogP contribution in [-0.2, 0) is 18.5 Å². The van der Waals surface area contributed by atoms with Crippen molar-refractivity contribution in [1.29, 1.82) is 0 Å². The third-order valence-corrected chi connectivity index (χ3v) is 6.83. The number of nitrogens with one attached hydrogen (secondary N) is 2. The highest BCUT2D eigenvalue weighted by molar-refractivity contribution is 5.93. The van der Waals surface area contributed by atoms with Gasteiger partial charge in [0.1, 0.15) is 17.7 Å². The molecule has 11 nitrogen and oxygen atoms in total. The van der Waals surface area contributed by atoms with E-state index in [1.165, 1.54) is 16.8 Å². The van der Waals surface area contributed by atoms with Crippen LogP contribution in [0.5, 0.6) is 0 Å². The molecule has 41 heavy (non-hydrogen) atoms. The first-order chi connectivity index (χ1) is 19.3. The molecule has 0 bridgehead atoms. The van der Waals surface area contributed by atoms with Crippen LogP contribution in [0.3, 0.4) is 0 Å². The van der Waals surface area contributed by atoms with Crippen LogP contribution in [0.1, 0.15) is 49.0 Å². The Balaban J connectivity index is 1.40. The van der Waals surface area contributed by atoms with Crippen LogP contribution in [0.2, 0.25) is 0 Å². The fourth-order valence-corrected chi connectivity index (χ4v) is 4.68. The lowest BCUT2D eigenvalue weighted by Gasteiger charge is -2.33. The molecule has 4 aromatic rings. The molecule has 1 aliphatic heterocycles. The second-order valence-corrected chi connectivity index (χ2v) is 11.2. The van der Waals surface area contributed by atoms with Crippen molar-refractivity contribution in [1.82, 2.24) is 39.8 Å². The summed E-state index contributed by atoms with van der Waals surface area (Å²) in [5.74, 6) is -0.259. The van der Waals surface area contributed by atoms with Crippen molar-refractivity contribution in [2.24, 2.45) is 0 Å². The van der Waals surface area contributed by atoms with E-state index in [1.54, 1.807) is 23.0 Å². The highest BCUT2D eigenvalue weighted by Crippen LogP contribution is 2.33. The second kappa shape index (κ2) is 10.8. The van der Waals surface area contributed by atoms with Crippen molar-refractivity contribution in [3.63, 3.8) is 0 Å². The van der Waals surface area contributed by atoms with E-state index in [0.717, 1.165) is 0 Å². The predicted molar refractivity (Wildman–Crippen MR) is 141 cm³/mol. The number of fused-ring (bicyclic) bond motifs is 1. The van der Waals surface area contributed by atoms with E-state index in [4.69, 9.17) is 4.52 Å². The molecule has 0 radical (unpaired) electrons. The summed E-state index contributed by atoms with van der Waals surface area (Å²) in [4.78, 5) is 18.7. The van der Waals surface area contributed by atoms with Gasteiger partial charge in [-0.3, -0.25) is 9.48 Å². The van der Waals surface area contributed by atoms with E-state index < -0.39 is 30.7 Å². The van der Waals surface area contributed by atoms with Gasteiger partial charge in [-0.1, -0.05) is 11.2 Å². The number of hydrogen-bond donors (Lipinski definition) is 2. The van der Waals surface area contributed by atoms with Gasteiger partial charge in [0.25, 0.3) is 5.91 Å². The summed E-state index contributed by atoms with van der Waals surface area (Å²) in [7, 11) is 1.83. The number of carbonyl (C=O) groups excluding carboxylic acids is 1. The fourth-order valence-electron chi connectivity index (χ4n) is 4.68. The Morgan fingerprint density at radius 1 is 1.22 bits per heavy atom. The van der Waals surface area contributed by atoms with Crippen LogP contribution in [0.25, 0.3) is 17.0 Å². The largest absolute Gasteiger partial charge is 0.393 e. The van der Waals surface area contributed by atoms with Crippen molar-refractivity contribution in [3.05, 3.63) is 47.6 Å². The number of halogens is 4. The summed E-state index contributed by atoms with van der Waals surface area (Å²) in [5.41, 5.74) is -0.0660. The van der Waals surface area contributed by atoms with Crippen LogP contribution >= 0.6 is 0 Å². The molecule has 1 fully saturated rings. The average Bonchev–Trinajstić information content (AvgIpc) is 3.63. The smallest absolute Gasteiger partial charge is 0.364 e. The normalized spacial score (nSPS) is 18.6. The zero-order valence-electron chi connectivity index (χ0n) is 23.0. The first kappa shape index (κ1) is 28.5. The van der Waals surface area contributed by atoms with Crippen molar-refractivity contribution in [2.75, 3.05) is 25.5 Å². The zero-order valence-corrected chi connectivity index (χ0v) is 23.0. The average molecular weight is 578 g/mol. The summed E-state index contributed by atoms with van der Waals surface area (Å²) in [6.45, 7) is 6.60. The Kier molecular flexibility index (Phi) is 7.48. The number of aromatic nitrogens is 6. The summed E-state index contributed by atoms with van der Waals surface area (Å²) >= 11 is 0. The van der Waals surface area contributed by atoms with Gasteiger partial charge >= 0.3 is 6.18 Å². The SMILES string of the molecule is CN1CC[C@@H](Nc2cccc3c(CC(F)(F)F)c(-c4noc(CNC(=O)c5cnn(C(C)(C)C)c5)n4)nn23)[C@@H](F)C1. The standard InChI is InChI=1S/C26H31F4N9O2/c1-25(2,3)38-13-15(11-32-38)24(40)31-12-21-34-23(36-41-21)22-16(10-26(28,29)30)19-6-5-7-20(39(19)35-22)33-18-8-9-37(4)14-17(18)27/h5-7,11,13,17-18,33H,8-10,12,14H2,1-4H3,(H,31,40)/t17-,18+/m0/s1. The Hall–Kier alpha value is -4.01. The maximum atomic E-state index is 14.7. The summed E-state index contributed by atoms with van der Waals surface area (Å²) in [5, 5.41) is 18.2. The molecule has 0 aliphatic carbocycles. The van der Waals surface area contributed by atoms with Gasteiger partial charge in [0.05, 0.1) is 41.8 Å². The van der Waals surface area contributed by atoms with E-state index >= 15 is 0 Å². The van der Waals surface area contributed by atoms with Gasteiger partial charge < -0.3 is 20.1 Å². The van der Waals surface area contributed by atoms with Gasteiger partial charge in [0.2, 0.25) is 11.7 Å². The molecule has 0 aromatic carbocycles. The van der Waals surface area contributed by atoms with Crippen LogP contribution in [0.15, 0.2) is 35.1 Å². The number of nitrogens with zero attached hydrogens (tertiary/aromatic N) is 7. The van der Waals surface area contributed by atoms with Crippen molar-refractivity contribution in [2.45, 2.75) is 64.1 Å². The molecule has 15 heteroatoms. The van der Waals surface area contributed by atoms with Crippen LogP contribution in [0.4, 0.5) is 23.4 Å². The van der Waals surface area contributed by atoms with Crippen LogP contribution < -0.4 is 10.6 Å². The highest BCUT2D eigenvalue weighted by Gasteiger charge is 2.34. The molecule has 0 unspecified atom stereocenters. The maximum Gasteiger partial charge on any atom is 0.393 e. The summed E-state index contributed by atoms with van der Waals surface area (Å²) < 4.78 is 63.8. The van der Waals surface area contributed by atoms with Crippen LogP contribution in [0, 0.1) is 0 Å². The molecule has 1 amide bonds. The van der Waals surface area contributed by atoms with Gasteiger partial charge in [-0.25, -0.2) is 8.91 Å². The fraction of sp³-hybridized carbons (Fsp3) is 0.500. The van der Waals surface area contributed by atoms with Gasteiger partial charge in [-0.2, -0.15) is 28.4 Å². The number of amides is 1. The van der Waals surface area contributed by atoms with E-state index in [1.807, 2.05) is 32.7 Å². The summed E-state index contributed by atoms with van der Waals surface area (Å²) in [6, 6.07) is 4.20. The van der Waals surface area contributed by atoms with Gasteiger partial charge in [0.15, 0.2) is 0 Å². The number of rotatable bonds is 7. The first-order valence-corrected chi connectivity index (χ1v) is 13.1. The molecule has 220 valence electrons. The number of likely N-dealkylation sites (tertiary alicyclic amines) is 1. The number of alkyl halides is 4. The first-order valence-electron chi connectivity index (χ1n) is 13.1. The molecule has 2 N–H and O–H groups in total. The molecule has 5 rings (SSSR count). The molecular formula is C26H31F4N9O2. The zero-order chi connectivity index (χ0) is 29.5. The van der Waals surface area contributed by atoms with Crippen molar-refractivity contribution < 1.29 is 26.9 Å². The number of anilines is 1. The number of piperidine rings is 1. The number of hydrogen-bond acceptors (Lipinski definition) is 8. The Morgan fingerprint density at radius 3 is 2.68 bits per heavy atom. The minimum absolute atomic E-state index is 0.0171. The molecule has 4 aromatic heterocycles. The van der Waals surface area contributed by atoms with E-state index in [2.05, 4.69) is 31.0 Å². The third-order valence-electron chi connectivity index (χ3n) is 6.83. The van der Waals surface area contributed by atoms with Crippen LogP contribution in [-0.4, -0.2) is 78.9 Å². The maximum absolute atomic E-state index is 14.7. The minimum Gasteiger partial charge on any atom is -0.364 e. The Morgan fingerprint density at radius 2 is 2.00 bits per heavy atom.